The third-order valence-corrected chi connectivity index (χ3v) is 2.75. The molecule has 0 heterocycles. The van der Waals surface area contributed by atoms with Gasteiger partial charge in [-0.15, -0.1) is 0 Å². The van der Waals surface area contributed by atoms with Gasteiger partial charge in [0.2, 0.25) is 0 Å². The van der Waals surface area contributed by atoms with Crippen LogP contribution in [0.5, 0.6) is 0 Å². The zero-order valence-corrected chi connectivity index (χ0v) is 10.5. The highest BCUT2D eigenvalue weighted by atomic mass is 35.5. The summed E-state index contributed by atoms with van der Waals surface area (Å²) in [6.45, 7) is 4.03. The summed E-state index contributed by atoms with van der Waals surface area (Å²) < 4.78 is 0. The molecule has 0 fully saturated rings. The van der Waals surface area contributed by atoms with Crippen LogP contribution >= 0.6 is 23.8 Å². The van der Waals surface area contributed by atoms with Crippen molar-refractivity contribution in [2.24, 2.45) is 5.73 Å². The Kier molecular flexibility index (Phi) is 4.36. The second-order valence-corrected chi connectivity index (χ2v) is 4.56. The number of benzene rings is 1. The summed E-state index contributed by atoms with van der Waals surface area (Å²) in [5.74, 6) is 0. The highest BCUT2D eigenvalue weighted by Crippen LogP contribution is 2.23. The number of nitrogens with one attached hydrogen (secondary N) is 1. The third kappa shape index (κ3) is 3.68. The SMILES string of the molecule is Cc1c(Cl)cccc1NC(C)CC(N)=S. The van der Waals surface area contributed by atoms with Gasteiger partial charge in [-0.05, 0) is 31.5 Å². The van der Waals surface area contributed by atoms with Crippen LogP contribution in [0.1, 0.15) is 18.9 Å². The van der Waals surface area contributed by atoms with E-state index in [0.717, 1.165) is 16.3 Å². The summed E-state index contributed by atoms with van der Waals surface area (Å²) in [6.07, 6.45) is 0.682. The second kappa shape index (κ2) is 5.33. The molecule has 15 heavy (non-hydrogen) atoms. The van der Waals surface area contributed by atoms with Crippen molar-refractivity contribution in [2.45, 2.75) is 26.3 Å². The first-order chi connectivity index (χ1) is 7.00. The summed E-state index contributed by atoms with van der Waals surface area (Å²) in [4.78, 5) is 0.523. The monoisotopic (exact) mass is 242 g/mol. The Bertz CT molecular complexity index is 366. The predicted octanol–water partition coefficient (Wildman–Crippen LogP) is 3.13. The van der Waals surface area contributed by atoms with Crippen molar-refractivity contribution in [1.82, 2.24) is 0 Å². The number of rotatable bonds is 4. The molecule has 2 nitrogen and oxygen atoms in total. The molecule has 1 aromatic carbocycles. The summed E-state index contributed by atoms with van der Waals surface area (Å²) in [6, 6.07) is 6.02. The lowest BCUT2D eigenvalue weighted by Crippen LogP contribution is -2.23. The van der Waals surface area contributed by atoms with Crippen LogP contribution in [0.2, 0.25) is 5.02 Å². The molecule has 1 atom stereocenters. The van der Waals surface area contributed by atoms with Gasteiger partial charge in [-0.1, -0.05) is 29.9 Å². The van der Waals surface area contributed by atoms with E-state index in [-0.39, 0.29) is 6.04 Å². The summed E-state index contributed by atoms with van der Waals surface area (Å²) >= 11 is 10.9. The Balaban J connectivity index is 2.72. The van der Waals surface area contributed by atoms with E-state index in [1.165, 1.54) is 0 Å². The van der Waals surface area contributed by atoms with Crippen molar-refractivity contribution < 1.29 is 0 Å². The van der Waals surface area contributed by atoms with Gasteiger partial charge in [0.05, 0.1) is 4.99 Å². The zero-order valence-electron chi connectivity index (χ0n) is 8.88. The molecule has 0 amide bonds. The van der Waals surface area contributed by atoms with E-state index >= 15 is 0 Å². The summed E-state index contributed by atoms with van der Waals surface area (Å²) in [5, 5.41) is 4.10. The van der Waals surface area contributed by atoms with Gasteiger partial charge >= 0.3 is 0 Å². The lowest BCUT2D eigenvalue weighted by Gasteiger charge is -2.16. The Morgan fingerprint density at radius 3 is 2.87 bits per heavy atom. The van der Waals surface area contributed by atoms with Gasteiger partial charge in [-0.3, -0.25) is 0 Å². The lowest BCUT2D eigenvalue weighted by atomic mass is 10.1. The van der Waals surface area contributed by atoms with Crippen LogP contribution in [0.4, 0.5) is 5.69 Å². The molecule has 1 rings (SSSR count). The molecule has 0 bridgehead atoms. The van der Waals surface area contributed by atoms with Gasteiger partial charge in [0, 0.05) is 23.2 Å². The summed E-state index contributed by atoms with van der Waals surface area (Å²) in [7, 11) is 0. The van der Waals surface area contributed by atoms with Crippen LogP contribution in [0.15, 0.2) is 18.2 Å². The molecule has 1 unspecified atom stereocenters. The minimum atomic E-state index is 0.222. The molecule has 0 spiro atoms. The highest BCUT2D eigenvalue weighted by molar-refractivity contribution is 7.80. The van der Waals surface area contributed by atoms with Crippen molar-refractivity contribution in [2.75, 3.05) is 5.32 Å². The second-order valence-electron chi connectivity index (χ2n) is 3.63. The fourth-order valence-corrected chi connectivity index (χ4v) is 1.81. The van der Waals surface area contributed by atoms with Crippen molar-refractivity contribution in [1.29, 1.82) is 0 Å². The maximum absolute atomic E-state index is 6.01. The van der Waals surface area contributed by atoms with Crippen molar-refractivity contribution >= 4 is 34.5 Å². The maximum atomic E-state index is 6.01. The Morgan fingerprint density at radius 2 is 2.27 bits per heavy atom. The first-order valence-corrected chi connectivity index (χ1v) is 5.59. The molecule has 3 N–H and O–H groups in total. The number of hydrogen-bond acceptors (Lipinski definition) is 2. The molecule has 1 aromatic rings. The van der Waals surface area contributed by atoms with Crippen molar-refractivity contribution in [3.8, 4) is 0 Å². The number of anilines is 1. The minimum Gasteiger partial charge on any atom is -0.393 e. The molecule has 0 aliphatic heterocycles. The molecule has 0 saturated carbocycles. The molecule has 4 heteroatoms. The average Bonchev–Trinajstić information content (AvgIpc) is 2.11. The van der Waals surface area contributed by atoms with Crippen molar-refractivity contribution in [3.63, 3.8) is 0 Å². The van der Waals surface area contributed by atoms with Gasteiger partial charge < -0.3 is 11.1 Å². The molecule has 0 saturated heterocycles. The Hall–Kier alpha value is -0.800. The first-order valence-electron chi connectivity index (χ1n) is 4.80. The largest absolute Gasteiger partial charge is 0.393 e. The van der Waals surface area contributed by atoms with Crippen LogP contribution in [0.3, 0.4) is 0 Å². The molecular formula is C11H15ClN2S. The van der Waals surface area contributed by atoms with Crippen LogP contribution in [0, 0.1) is 6.92 Å². The molecular weight excluding hydrogens is 228 g/mol. The van der Waals surface area contributed by atoms with Crippen LogP contribution < -0.4 is 11.1 Å². The fourth-order valence-electron chi connectivity index (χ4n) is 1.38. The van der Waals surface area contributed by atoms with Crippen LogP contribution in [-0.4, -0.2) is 11.0 Å². The molecule has 0 radical (unpaired) electrons. The average molecular weight is 243 g/mol. The first kappa shape index (κ1) is 12.3. The van der Waals surface area contributed by atoms with E-state index < -0.39 is 0 Å². The standard InChI is InChI=1S/C11H15ClN2S/c1-7(6-11(13)15)14-10-5-3-4-9(12)8(10)2/h3-5,7,14H,6H2,1-2H3,(H2,13,15). The quantitative estimate of drug-likeness (QED) is 0.797. The van der Waals surface area contributed by atoms with Crippen LogP contribution in [0.25, 0.3) is 0 Å². The van der Waals surface area contributed by atoms with Gasteiger partial charge in [0.15, 0.2) is 0 Å². The smallest absolute Gasteiger partial charge is 0.0747 e. The van der Waals surface area contributed by atoms with E-state index in [0.29, 0.717) is 11.4 Å². The Morgan fingerprint density at radius 1 is 1.60 bits per heavy atom. The molecule has 82 valence electrons. The Labute approximate surface area is 101 Å². The van der Waals surface area contributed by atoms with E-state index in [4.69, 9.17) is 29.6 Å². The van der Waals surface area contributed by atoms with E-state index in [1.54, 1.807) is 0 Å². The number of hydrogen-bond donors (Lipinski definition) is 2. The minimum absolute atomic E-state index is 0.222. The topological polar surface area (TPSA) is 38.0 Å². The fraction of sp³-hybridized carbons (Fsp3) is 0.364. The third-order valence-electron chi connectivity index (χ3n) is 2.18. The molecule has 0 aliphatic rings. The van der Waals surface area contributed by atoms with Gasteiger partial charge in [-0.25, -0.2) is 0 Å². The highest BCUT2D eigenvalue weighted by Gasteiger charge is 2.06. The van der Waals surface area contributed by atoms with Gasteiger partial charge in [0.25, 0.3) is 0 Å². The van der Waals surface area contributed by atoms with E-state index in [2.05, 4.69) is 5.32 Å². The van der Waals surface area contributed by atoms with Gasteiger partial charge in [0.1, 0.15) is 0 Å². The zero-order chi connectivity index (χ0) is 11.4. The van der Waals surface area contributed by atoms with Gasteiger partial charge in [-0.2, -0.15) is 0 Å². The van der Waals surface area contributed by atoms with E-state index in [1.807, 2.05) is 32.0 Å². The lowest BCUT2D eigenvalue weighted by molar-refractivity contribution is 0.838. The van der Waals surface area contributed by atoms with E-state index in [9.17, 15) is 0 Å². The number of thiocarbonyl (C=S) groups is 1. The normalized spacial score (nSPS) is 12.2. The maximum Gasteiger partial charge on any atom is 0.0747 e. The van der Waals surface area contributed by atoms with Crippen molar-refractivity contribution in [3.05, 3.63) is 28.8 Å². The summed E-state index contributed by atoms with van der Waals surface area (Å²) in [5.41, 5.74) is 7.56. The molecule has 0 aromatic heterocycles. The number of halogens is 1. The van der Waals surface area contributed by atoms with Crippen LogP contribution in [-0.2, 0) is 0 Å². The molecule has 0 aliphatic carbocycles. The predicted molar refractivity (Wildman–Crippen MR) is 70.7 cm³/mol. The number of nitrogens with two attached hydrogens (primary N) is 1.